The summed E-state index contributed by atoms with van der Waals surface area (Å²) >= 11 is 3.46. The average Bonchev–Trinajstić information content (AvgIpc) is 2.38. The van der Waals surface area contributed by atoms with E-state index >= 15 is 0 Å². The van der Waals surface area contributed by atoms with Gasteiger partial charge in [0, 0.05) is 24.2 Å². The Bertz CT molecular complexity index is 386. The van der Waals surface area contributed by atoms with Crippen LogP contribution in [0.2, 0.25) is 0 Å². The second kappa shape index (κ2) is 8.67. The van der Waals surface area contributed by atoms with Gasteiger partial charge < -0.3 is 10.1 Å². The second-order valence-corrected chi connectivity index (χ2v) is 5.71. The number of rotatable bonds is 8. The van der Waals surface area contributed by atoms with Crippen molar-refractivity contribution in [1.29, 1.82) is 0 Å². The SMILES string of the molecule is CCCNC(c1ccc(F)cc1Br)C(C)CCOC. The summed E-state index contributed by atoms with van der Waals surface area (Å²) in [7, 11) is 1.72. The van der Waals surface area contributed by atoms with Gasteiger partial charge in [-0.15, -0.1) is 0 Å². The molecule has 0 spiro atoms. The molecule has 0 saturated heterocycles. The summed E-state index contributed by atoms with van der Waals surface area (Å²) in [6.07, 6.45) is 2.05. The van der Waals surface area contributed by atoms with Crippen LogP contribution in [0.3, 0.4) is 0 Å². The Morgan fingerprint density at radius 2 is 2.16 bits per heavy atom. The normalized spacial score (nSPS) is 14.4. The third-order valence-corrected chi connectivity index (χ3v) is 3.94. The number of ether oxygens (including phenoxy) is 1. The van der Waals surface area contributed by atoms with Crippen molar-refractivity contribution in [1.82, 2.24) is 5.32 Å². The van der Waals surface area contributed by atoms with Crippen molar-refractivity contribution in [3.63, 3.8) is 0 Å². The number of methoxy groups -OCH3 is 1. The second-order valence-electron chi connectivity index (χ2n) is 4.86. The third-order valence-electron chi connectivity index (χ3n) is 3.26. The van der Waals surface area contributed by atoms with Crippen molar-refractivity contribution in [2.45, 2.75) is 32.7 Å². The standard InChI is InChI=1S/C15H23BrFNO/c1-4-8-18-15(11(2)7-9-19-3)13-6-5-12(17)10-14(13)16/h5-6,10-11,15,18H,4,7-9H2,1-3H3. The van der Waals surface area contributed by atoms with Crippen LogP contribution >= 0.6 is 15.9 Å². The van der Waals surface area contributed by atoms with E-state index < -0.39 is 0 Å². The fraction of sp³-hybridized carbons (Fsp3) is 0.600. The van der Waals surface area contributed by atoms with Gasteiger partial charge in [-0.3, -0.25) is 0 Å². The zero-order valence-corrected chi connectivity index (χ0v) is 13.5. The van der Waals surface area contributed by atoms with Crippen LogP contribution in [0.1, 0.15) is 38.3 Å². The maximum Gasteiger partial charge on any atom is 0.124 e. The van der Waals surface area contributed by atoms with Gasteiger partial charge in [-0.2, -0.15) is 0 Å². The van der Waals surface area contributed by atoms with E-state index in [4.69, 9.17) is 4.74 Å². The highest BCUT2D eigenvalue weighted by Gasteiger charge is 2.20. The Hall–Kier alpha value is -0.450. The Labute approximate surface area is 123 Å². The molecule has 1 aromatic rings. The smallest absolute Gasteiger partial charge is 0.124 e. The van der Waals surface area contributed by atoms with Crippen LogP contribution in [-0.2, 0) is 4.74 Å². The Morgan fingerprint density at radius 3 is 2.74 bits per heavy atom. The van der Waals surface area contributed by atoms with Crippen LogP contribution in [0.4, 0.5) is 4.39 Å². The Balaban J connectivity index is 2.88. The number of nitrogens with one attached hydrogen (secondary N) is 1. The van der Waals surface area contributed by atoms with E-state index in [1.165, 1.54) is 12.1 Å². The van der Waals surface area contributed by atoms with E-state index in [0.29, 0.717) is 5.92 Å². The molecule has 0 heterocycles. The van der Waals surface area contributed by atoms with Gasteiger partial charge in [-0.05, 0) is 43.0 Å². The molecule has 19 heavy (non-hydrogen) atoms. The molecule has 1 aromatic carbocycles. The minimum atomic E-state index is -0.214. The highest BCUT2D eigenvalue weighted by atomic mass is 79.9. The lowest BCUT2D eigenvalue weighted by Crippen LogP contribution is -2.28. The summed E-state index contributed by atoms with van der Waals surface area (Å²) < 4.78 is 19.2. The monoisotopic (exact) mass is 331 g/mol. The molecule has 2 nitrogen and oxygen atoms in total. The van der Waals surface area contributed by atoms with Gasteiger partial charge in [0.15, 0.2) is 0 Å². The number of halogens is 2. The van der Waals surface area contributed by atoms with E-state index in [1.54, 1.807) is 7.11 Å². The molecule has 1 rings (SSSR count). The lowest BCUT2D eigenvalue weighted by atomic mass is 9.92. The van der Waals surface area contributed by atoms with Crippen molar-refractivity contribution < 1.29 is 9.13 Å². The molecule has 0 aliphatic rings. The molecule has 0 fully saturated rings. The summed E-state index contributed by atoms with van der Waals surface area (Å²) in [6.45, 7) is 6.03. The summed E-state index contributed by atoms with van der Waals surface area (Å²) in [5.74, 6) is 0.211. The fourth-order valence-corrected chi connectivity index (χ4v) is 2.74. The molecule has 0 aliphatic heterocycles. The van der Waals surface area contributed by atoms with Gasteiger partial charge in [0.05, 0.1) is 0 Å². The van der Waals surface area contributed by atoms with Gasteiger partial charge in [0.1, 0.15) is 5.82 Å². The first-order chi connectivity index (χ1) is 9.10. The highest BCUT2D eigenvalue weighted by molar-refractivity contribution is 9.10. The van der Waals surface area contributed by atoms with Crippen LogP contribution in [0.25, 0.3) is 0 Å². The zero-order chi connectivity index (χ0) is 14.3. The van der Waals surface area contributed by atoms with E-state index in [9.17, 15) is 4.39 Å². The number of hydrogen-bond donors (Lipinski definition) is 1. The van der Waals surface area contributed by atoms with Crippen molar-refractivity contribution in [2.24, 2.45) is 5.92 Å². The van der Waals surface area contributed by atoms with Gasteiger partial charge in [-0.25, -0.2) is 4.39 Å². The molecule has 0 saturated carbocycles. The maximum atomic E-state index is 13.2. The van der Waals surface area contributed by atoms with Crippen LogP contribution in [0, 0.1) is 11.7 Å². The predicted octanol–water partition coefficient (Wildman–Crippen LogP) is 4.30. The van der Waals surface area contributed by atoms with E-state index in [0.717, 1.165) is 36.0 Å². The molecule has 0 aliphatic carbocycles. The molecule has 4 heteroatoms. The molecule has 0 amide bonds. The van der Waals surface area contributed by atoms with Crippen LogP contribution in [0.15, 0.2) is 22.7 Å². The quantitative estimate of drug-likeness (QED) is 0.766. The van der Waals surface area contributed by atoms with E-state index in [2.05, 4.69) is 35.1 Å². The molecule has 2 unspecified atom stereocenters. The van der Waals surface area contributed by atoms with E-state index in [1.807, 2.05) is 6.07 Å². The van der Waals surface area contributed by atoms with Gasteiger partial charge in [-0.1, -0.05) is 35.8 Å². The summed E-state index contributed by atoms with van der Waals surface area (Å²) in [4.78, 5) is 0. The maximum absolute atomic E-state index is 13.2. The third kappa shape index (κ3) is 5.21. The summed E-state index contributed by atoms with van der Waals surface area (Å²) in [5, 5.41) is 3.55. The Morgan fingerprint density at radius 1 is 1.42 bits per heavy atom. The minimum Gasteiger partial charge on any atom is -0.385 e. The van der Waals surface area contributed by atoms with Crippen molar-refractivity contribution in [2.75, 3.05) is 20.3 Å². The molecule has 0 radical (unpaired) electrons. The topological polar surface area (TPSA) is 21.3 Å². The van der Waals surface area contributed by atoms with Crippen LogP contribution < -0.4 is 5.32 Å². The van der Waals surface area contributed by atoms with Gasteiger partial charge in [0.25, 0.3) is 0 Å². The van der Waals surface area contributed by atoms with Gasteiger partial charge >= 0.3 is 0 Å². The summed E-state index contributed by atoms with van der Waals surface area (Å²) in [6, 6.07) is 5.11. The first-order valence-electron chi connectivity index (χ1n) is 6.77. The summed E-state index contributed by atoms with van der Waals surface area (Å²) in [5.41, 5.74) is 1.11. The molecular formula is C15H23BrFNO. The average molecular weight is 332 g/mol. The van der Waals surface area contributed by atoms with E-state index in [-0.39, 0.29) is 11.9 Å². The molecule has 0 bridgehead atoms. The van der Waals surface area contributed by atoms with Gasteiger partial charge in [0.2, 0.25) is 0 Å². The largest absolute Gasteiger partial charge is 0.385 e. The molecular weight excluding hydrogens is 309 g/mol. The molecule has 0 aromatic heterocycles. The molecule has 2 atom stereocenters. The first kappa shape index (κ1) is 16.6. The molecule has 108 valence electrons. The lowest BCUT2D eigenvalue weighted by Gasteiger charge is -2.26. The number of benzene rings is 1. The van der Waals surface area contributed by atoms with Crippen LogP contribution in [0.5, 0.6) is 0 Å². The highest BCUT2D eigenvalue weighted by Crippen LogP contribution is 2.31. The van der Waals surface area contributed by atoms with Crippen LogP contribution in [-0.4, -0.2) is 20.3 Å². The fourth-order valence-electron chi connectivity index (χ4n) is 2.14. The number of hydrogen-bond acceptors (Lipinski definition) is 2. The van der Waals surface area contributed by atoms with Crippen molar-refractivity contribution >= 4 is 15.9 Å². The zero-order valence-electron chi connectivity index (χ0n) is 11.9. The van der Waals surface area contributed by atoms with Crippen molar-refractivity contribution in [3.05, 3.63) is 34.1 Å². The predicted molar refractivity (Wildman–Crippen MR) is 80.8 cm³/mol. The van der Waals surface area contributed by atoms with Crippen molar-refractivity contribution in [3.8, 4) is 0 Å². The lowest BCUT2D eigenvalue weighted by molar-refractivity contribution is 0.170. The Kier molecular flexibility index (Phi) is 7.57. The molecule has 1 N–H and O–H groups in total. The minimum absolute atomic E-state index is 0.213. The first-order valence-corrected chi connectivity index (χ1v) is 7.56.